The first-order chi connectivity index (χ1) is 22.8. The molecule has 47 heavy (non-hydrogen) atoms. The first-order valence-electron chi connectivity index (χ1n) is 17.4. The monoisotopic (exact) mass is 632 g/mol. The minimum atomic E-state index is -0.903. The molecule has 0 radical (unpaired) electrons. The number of rotatable bonds is 9. The van der Waals surface area contributed by atoms with Gasteiger partial charge in [0.2, 0.25) is 11.8 Å². The van der Waals surface area contributed by atoms with Crippen LogP contribution in [0.5, 0.6) is 0 Å². The standard InChI is InChI=1S/C40H48N4O3/c1-28-36(32-14-8-9-15-34(32)41-28)37-33(39(37,2)3)26-35(45)44(27-29-12-6-4-7-13-29)40(20-10-5-11-21-40)38(46)42-30-16-18-31(19-17-30)43-22-24-47-25-23-43/h4,6-9,12-19,33,37,41H,5,10-11,20-27H2,1-3H3,(H,42,46)/t33-,37-/m1/s1. The summed E-state index contributed by atoms with van der Waals surface area (Å²) < 4.78 is 5.51. The van der Waals surface area contributed by atoms with E-state index in [0.29, 0.717) is 25.8 Å². The third-order valence-corrected chi connectivity index (χ3v) is 11.3. The zero-order valence-electron chi connectivity index (χ0n) is 28.1. The van der Waals surface area contributed by atoms with Gasteiger partial charge >= 0.3 is 0 Å². The molecule has 0 bridgehead atoms. The van der Waals surface area contributed by atoms with Crippen LogP contribution in [0, 0.1) is 18.3 Å². The molecular weight excluding hydrogens is 584 g/mol. The van der Waals surface area contributed by atoms with E-state index >= 15 is 0 Å². The summed E-state index contributed by atoms with van der Waals surface area (Å²) in [5, 5.41) is 4.52. The second-order valence-electron chi connectivity index (χ2n) is 14.5. The topological polar surface area (TPSA) is 77.7 Å². The first kappa shape index (κ1) is 31.5. The number of anilines is 2. The Hall–Kier alpha value is -4.10. The van der Waals surface area contributed by atoms with Gasteiger partial charge < -0.3 is 24.8 Å². The number of carbonyl (C=O) groups is 2. The molecule has 0 spiro atoms. The maximum atomic E-state index is 14.8. The Morgan fingerprint density at radius 3 is 2.32 bits per heavy atom. The van der Waals surface area contributed by atoms with E-state index < -0.39 is 5.54 Å². The highest BCUT2D eigenvalue weighted by molar-refractivity contribution is 6.01. The lowest BCUT2D eigenvalue weighted by Crippen LogP contribution is -2.59. The van der Waals surface area contributed by atoms with Gasteiger partial charge in [-0.05, 0) is 78.5 Å². The summed E-state index contributed by atoms with van der Waals surface area (Å²) in [5.74, 6) is 0.483. The third-order valence-electron chi connectivity index (χ3n) is 11.3. The number of nitrogens with zero attached hydrogens (tertiary/aromatic N) is 2. The normalized spacial score (nSPS) is 21.7. The minimum Gasteiger partial charge on any atom is -0.378 e. The highest BCUT2D eigenvalue weighted by atomic mass is 16.5. The summed E-state index contributed by atoms with van der Waals surface area (Å²) in [5.41, 5.74) is 5.69. The van der Waals surface area contributed by atoms with Crippen LogP contribution < -0.4 is 10.2 Å². The van der Waals surface area contributed by atoms with Crippen LogP contribution in [-0.2, 0) is 20.9 Å². The molecule has 2 saturated carbocycles. The van der Waals surface area contributed by atoms with Gasteiger partial charge in [-0.15, -0.1) is 0 Å². The molecule has 2 heterocycles. The van der Waals surface area contributed by atoms with Crippen molar-refractivity contribution in [3.05, 3.63) is 95.7 Å². The Labute approximate surface area is 278 Å². The van der Waals surface area contributed by atoms with Crippen molar-refractivity contribution in [3.63, 3.8) is 0 Å². The number of ether oxygens (including phenoxy) is 1. The number of hydrogen-bond donors (Lipinski definition) is 2. The third kappa shape index (κ3) is 6.06. The van der Waals surface area contributed by atoms with Gasteiger partial charge in [-0.3, -0.25) is 9.59 Å². The molecule has 1 aliphatic heterocycles. The Kier molecular flexibility index (Phi) is 8.60. The average Bonchev–Trinajstić information content (AvgIpc) is 3.44. The minimum absolute atomic E-state index is 0.0198. The zero-order valence-corrected chi connectivity index (χ0v) is 28.1. The molecule has 7 heteroatoms. The largest absolute Gasteiger partial charge is 0.378 e. The number of fused-ring (bicyclic) bond motifs is 1. The number of benzene rings is 3. The molecule has 2 atom stereocenters. The van der Waals surface area contributed by atoms with Gasteiger partial charge in [-0.1, -0.05) is 81.6 Å². The number of H-pyrrole nitrogens is 1. The summed E-state index contributed by atoms with van der Waals surface area (Å²) in [6, 6.07) is 26.8. The van der Waals surface area contributed by atoms with Crippen LogP contribution >= 0.6 is 0 Å². The molecule has 0 unspecified atom stereocenters. The molecule has 7 rings (SSSR count). The average molecular weight is 633 g/mol. The fourth-order valence-electron chi connectivity index (χ4n) is 8.52. The van der Waals surface area contributed by atoms with E-state index in [-0.39, 0.29) is 29.1 Å². The number of hydrogen-bond acceptors (Lipinski definition) is 4. The molecule has 4 aromatic rings. The van der Waals surface area contributed by atoms with Gasteiger partial charge in [0.1, 0.15) is 5.54 Å². The predicted molar refractivity (Wildman–Crippen MR) is 189 cm³/mol. The fourth-order valence-corrected chi connectivity index (χ4v) is 8.52. The Morgan fingerprint density at radius 2 is 1.60 bits per heavy atom. The number of carbonyl (C=O) groups excluding carboxylic acids is 2. The van der Waals surface area contributed by atoms with Gasteiger partial charge in [-0.2, -0.15) is 0 Å². The number of para-hydroxylation sites is 1. The molecule has 3 aromatic carbocycles. The number of morpholine rings is 1. The van der Waals surface area contributed by atoms with Crippen LogP contribution in [0.4, 0.5) is 11.4 Å². The number of amides is 2. The van der Waals surface area contributed by atoms with E-state index in [1.165, 1.54) is 16.6 Å². The van der Waals surface area contributed by atoms with Gasteiger partial charge in [-0.25, -0.2) is 0 Å². The van der Waals surface area contributed by atoms with E-state index in [2.05, 4.69) is 84.5 Å². The molecule has 3 aliphatic rings. The highest BCUT2D eigenvalue weighted by Crippen LogP contribution is 2.67. The van der Waals surface area contributed by atoms with Gasteiger partial charge in [0, 0.05) is 54.0 Å². The van der Waals surface area contributed by atoms with Crippen LogP contribution in [0.15, 0.2) is 78.9 Å². The molecule has 2 N–H and O–H groups in total. The molecule has 246 valence electrons. The summed E-state index contributed by atoms with van der Waals surface area (Å²) in [6.07, 6.45) is 4.69. The Morgan fingerprint density at radius 1 is 0.915 bits per heavy atom. The van der Waals surface area contributed by atoms with Crippen molar-refractivity contribution >= 4 is 34.1 Å². The maximum Gasteiger partial charge on any atom is 0.250 e. The van der Waals surface area contributed by atoms with Crippen LogP contribution in [0.3, 0.4) is 0 Å². The lowest BCUT2D eigenvalue weighted by Gasteiger charge is -2.45. The van der Waals surface area contributed by atoms with Crippen molar-refractivity contribution in [1.82, 2.24) is 9.88 Å². The number of aromatic nitrogens is 1. The van der Waals surface area contributed by atoms with E-state index in [1.807, 2.05) is 35.2 Å². The number of aryl methyl sites for hydroxylation is 1. The Balaban J connectivity index is 1.17. The van der Waals surface area contributed by atoms with Crippen LogP contribution in [-0.4, -0.2) is 53.5 Å². The molecule has 2 aliphatic carbocycles. The fraction of sp³-hybridized carbons (Fsp3) is 0.450. The predicted octanol–water partition coefficient (Wildman–Crippen LogP) is 7.81. The lowest BCUT2D eigenvalue weighted by atomic mass is 9.78. The van der Waals surface area contributed by atoms with E-state index in [1.54, 1.807) is 0 Å². The second kappa shape index (κ2) is 12.8. The highest BCUT2D eigenvalue weighted by Gasteiger charge is 2.60. The molecular formula is C40H48N4O3. The summed E-state index contributed by atoms with van der Waals surface area (Å²) in [4.78, 5) is 37.1. The molecule has 1 aromatic heterocycles. The SMILES string of the molecule is Cc1[nH]c2ccccc2c1[C@H]1[C@@H](CC(=O)N(Cc2ccccc2)C2(C(=O)Nc3ccc(N4CCOCC4)cc3)CCCCC2)C1(C)C. The summed E-state index contributed by atoms with van der Waals surface area (Å²) in [6.45, 7) is 10.4. The van der Waals surface area contributed by atoms with Crippen molar-refractivity contribution in [2.75, 3.05) is 36.5 Å². The van der Waals surface area contributed by atoms with Crippen molar-refractivity contribution in [2.45, 2.75) is 77.3 Å². The maximum absolute atomic E-state index is 14.8. The van der Waals surface area contributed by atoms with E-state index in [0.717, 1.165) is 68.0 Å². The van der Waals surface area contributed by atoms with Gasteiger partial charge in [0.25, 0.3) is 0 Å². The van der Waals surface area contributed by atoms with Gasteiger partial charge in [0.15, 0.2) is 0 Å². The van der Waals surface area contributed by atoms with Gasteiger partial charge in [0.05, 0.1) is 13.2 Å². The summed E-state index contributed by atoms with van der Waals surface area (Å²) in [7, 11) is 0. The van der Waals surface area contributed by atoms with Crippen molar-refractivity contribution in [2.24, 2.45) is 11.3 Å². The summed E-state index contributed by atoms with van der Waals surface area (Å²) >= 11 is 0. The van der Waals surface area contributed by atoms with Crippen molar-refractivity contribution in [3.8, 4) is 0 Å². The zero-order chi connectivity index (χ0) is 32.6. The molecule has 2 amide bonds. The first-order valence-corrected chi connectivity index (χ1v) is 17.4. The smallest absolute Gasteiger partial charge is 0.250 e. The van der Waals surface area contributed by atoms with E-state index in [9.17, 15) is 9.59 Å². The van der Waals surface area contributed by atoms with Crippen LogP contribution in [0.1, 0.15) is 75.1 Å². The van der Waals surface area contributed by atoms with Crippen molar-refractivity contribution < 1.29 is 14.3 Å². The van der Waals surface area contributed by atoms with E-state index in [4.69, 9.17) is 4.74 Å². The molecule has 3 fully saturated rings. The van der Waals surface area contributed by atoms with Crippen LogP contribution in [0.25, 0.3) is 10.9 Å². The Bertz CT molecular complexity index is 1720. The number of nitrogens with one attached hydrogen (secondary N) is 2. The molecule has 1 saturated heterocycles. The second-order valence-corrected chi connectivity index (χ2v) is 14.5. The molecule has 7 nitrogen and oxygen atoms in total. The number of aromatic amines is 1. The lowest BCUT2D eigenvalue weighted by molar-refractivity contribution is -0.149. The quantitative estimate of drug-likeness (QED) is 0.197. The van der Waals surface area contributed by atoms with Crippen molar-refractivity contribution in [1.29, 1.82) is 0 Å². The van der Waals surface area contributed by atoms with Crippen LogP contribution in [0.2, 0.25) is 0 Å².